The van der Waals surface area contributed by atoms with E-state index in [9.17, 15) is 0 Å². The van der Waals surface area contributed by atoms with Crippen molar-refractivity contribution in [2.24, 2.45) is 5.92 Å². The summed E-state index contributed by atoms with van der Waals surface area (Å²) in [6.07, 6.45) is 2.79. The molecule has 14 heavy (non-hydrogen) atoms. The molecule has 0 heterocycles. The molecule has 1 aliphatic carbocycles. The van der Waals surface area contributed by atoms with Crippen LogP contribution in [0.3, 0.4) is 0 Å². The first-order chi connectivity index (χ1) is 6.69. The van der Waals surface area contributed by atoms with Gasteiger partial charge >= 0.3 is 0 Å². The number of hydrogen-bond acceptors (Lipinski definition) is 2. The molecule has 0 aromatic carbocycles. The summed E-state index contributed by atoms with van der Waals surface area (Å²) < 4.78 is 0. The van der Waals surface area contributed by atoms with Gasteiger partial charge in [-0.2, -0.15) is 0 Å². The number of rotatable bonds is 7. The molecule has 1 rings (SSSR count). The molecule has 1 fully saturated rings. The quantitative estimate of drug-likeness (QED) is 0.674. The summed E-state index contributed by atoms with van der Waals surface area (Å²) in [6.45, 7) is 12.7. The summed E-state index contributed by atoms with van der Waals surface area (Å²) in [6, 6.07) is 1.55. The first kappa shape index (κ1) is 12.0. The molecule has 84 valence electrons. The minimum absolute atomic E-state index is 0.705. The van der Waals surface area contributed by atoms with Gasteiger partial charge in [-0.15, -0.1) is 0 Å². The lowest BCUT2D eigenvalue weighted by Gasteiger charge is -2.31. The summed E-state index contributed by atoms with van der Waals surface area (Å²) in [7, 11) is 0. The van der Waals surface area contributed by atoms with Gasteiger partial charge in [-0.25, -0.2) is 0 Å². The van der Waals surface area contributed by atoms with E-state index < -0.39 is 0 Å². The van der Waals surface area contributed by atoms with E-state index in [0.717, 1.165) is 12.0 Å². The summed E-state index contributed by atoms with van der Waals surface area (Å²) in [5, 5.41) is 3.61. The zero-order chi connectivity index (χ0) is 10.6. The van der Waals surface area contributed by atoms with Gasteiger partial charge in [0.25, 0.3) is 0 Å². The third kappa shape index (κ3) is 3.58. The Kier molecular flexibility index (Phi) is 4.90. The first-order valence-corrected chi connectivity index (χ1v) is 6.16. The van der Waals surface area contributed by atoms with Crippen molar-refractivity contribution < 1.29 is 0 Å². The van der Waals surface area contributed by atoms with E-state index in [1.807, 2.05) is 0 Å². The molecule has 0 aromatic rings. The van der Waals surface area contributed by atoms with Crippen molar-refractivity contribution in [1.29, 1.82) is 0 Å². The Morgan fingerprint density at radius 1 is 1.21 bits per heavy atom. The highest BCUT2D eigenvalue weighted by Crippen LogP contribution is 2.19. The highest BCUT2D eigenvalue weighted by Gasteiger charge is 2.23. The van der Waals surface area contributed by atoms with Crippen LogP contribution in [0, 0.1) is 5.92 Å². The molecule has 0 saturated heterocycles. The smallest absolute Gasteiger partial charge is 0.0104 e. The zero-order valence-corrected chi connectivity index (χ0v) is 10.2. The van der Waals surface area contributed by atoms with Crippen LogP contribution in [0.2, 0.25) is 0 Å². The third-order valence-electron chi connectivity index (χ3n) is 3.52. The second-order valence-electron chi connectivity index (χ2n) is 4.62. The first-order valence-electron chi connectivity index (χ1n) is 6.16. The van der Waals surface area contributed by atoms with Crippen molar-refractivity contribution in [2.75, 3.05) is 19.6 Å². The van der Waals surface area contributed by atoms with E-state index in [0.29, 0.717) is 6.04 Å². The Labute approximate surface area is 89.1 Å². The van der Waals surface area contributed by atoms with E-state index >= 15 is 0 Å². The van der Waals surface area contributed by atoms with Crippen LogP contribution < -0.4 is 5.32 Å². The van der Waals surface area contributed by atoms with Gasteiger partial charge in [0.15, 0.2) is 0 Å². The Bertz CT molecular complexity index is 150. The molecular weight excluding hydrogens is 172 g/mol. The van der Waals surface area contributed by atoms with Crippen LogP contribution in [0.4, 0.5) is 0 Å². The molecule has 1 saturated carbocycles. The standard InChI is InChI=1S/C12H26N2/c1-5-14(6-2)11(4)10(3)9-13-12-7-8-12/h10-13H,5-9H2,1-4H3. The number of nitrogens with zero attached hydrogens (tertiary/aromatic N) is 1. The predicted molar refractivity (Wildman–Crippen MR) is 62.6 cm³/mol. The van der Waals surface area contributed by atoms with Crippen molar-refractivity contribution in [3.05, 3.63) is 0 Å². The highest BCUT2D eigenvalue weighted by molar-refractivity contribution is 4.83. The van der Waals surface area contributed by atoms with Gasteiger partial charge in [0.2, 0.25) is 0 Å². The maximum atomic E-state index is 3.61. The van der Waals surface area contributed by atoms with E-state index in [1.165, 1.54) is 32.5 Å². The number of nitrogens with one attached hydrogen (secondary N) is 1. The highest BCUT2D eigenvalue weighted by atomic mass is 15.1. The SMILES string of the molecule is CCN(CC)C(C)C(C)CNC1CC1. The average molecular weight is 198 g/mol. The number of hydrogen-bond donors (Lipinski definition) is 1. The van der Waals surface area contributed by atoms with Crippen LogP contribution in [-0.4, -0.2) is 36.6 Å². The van der Waals surface area contributed by atoms with Crippen LogP contribution in [0.25, 0.3) is 0 Å². The lowest BCUT2D eigenvalue weighted by atomic mass is 10.0. The Balaban J connectivity index is 2.21. The molecule has 0 bridgehead atoms. The molecule has 0 aliphatic heterocycles. The van der Waals surface area contributed by atoms with Gasteiger partial charge in [-0.3, -0.25) is 0 Å². The summed E-state index contributed by atoms with van der Waals surface area (Å²) >= 11 is 0. The minimum Gasteiger partial charge on any atom is -0.314 e. The molecule has 1 N–H and O–H groups in total. The van der Waals surface area contributed by atoms with E-state index in [4.69, 9.17) is 0 Å². The predicted octanol–water partition coefficient (Wildman–Crippen LogP) is 2.10. The van der Waals surface area contributed by atoms with Crippen LogP contribution in [0.1, 0.15) is 40.5 Å². The third-order valence-corrected chi connectivity index (χ3v) is 3.52. The molecule has 2 unspecified atom stereocenters. The normalized spacial score (nSPS) is 21.2. The Morgan fingerprint density at radius 2 is 1.79 bits per heavy atom. The van der Waals surface area contributed by atoms with Crippen molar-refractivity contribution >= 4 is 0 Å². The molecule has 0 aromatic heterocycles. The lowest BCUT2D eigenvalue weighted by Crippen LogP contribution is -2.41. The maximum Gasteiger partial charge on any atom is 0.0104 e. The summed E-state index contributed by atoms with van der Waals surface area (Å²) in [5.41, 5.74) is 0. The van der Waals surface area contributed by atoms with Crippen LogP contribution in [-0.2, 0) is 0 Å². The van der Waals surface area contributed by atoms with Gasteiger partial charge in [0, 0.05) is 12.1 Å². The van der Waals surface area contributed by atoms with Crippen LogP contribution >= 0.6 is 0 Å². The van der Waals surface area contributed by atoms with Crippen molar-refractivity contribution in [3.8, 4) is 0 Å². The van der Waals surface area contributed by atoms with E-state index in [2.05, 4.69) is 37.9 Å². The van der Waals surface area contributed by atoms with Gasteiger partial charge in [-0.1, -0.05) is 20.8 Å². The summed E-state index contributed by atoms with van der Waals surface area (Å²) in [4.78, 5) is 2.54. The van der Waals surface area contributed by atoms with Crippen LogP contribution in [0.15, 0.2) is 0 Å². The topological polar surface area (TPSA) is 15.3 Å². The molecule has 1 aliphatic rings. The fourth-order valence-corrected chi connectivity index (χ4v) is 1.97. The van der Waals surface area contributed by atoms with E-state index in [-0.39, 0.29) is 0 Å². The zero-order valence-electron chi connectivity index (χ0n) is 10.2. The van der Waals surface area contributed by atoms with Gasteiger partial charge in [-0.05, 0) is 45.3 Å². The molecule has 2 nitrogen and oxygen atoms in total. The monoisotopic (exact) mass is 198 g/mol. The van der Waals surface area contributed by atoms with E-state index in [1.54, 1.807) is 0 Å². The summed E-state index contributed by atoms with van der Waals surface area (Å²) in [5.74, 6) is 0.760. The van der Waals surface area contributed by atoms with Crippen LogP contribution in [0.5, 0.6) is 0 Å². The average Bonchev–Trinajstić information content (AvgIpc) is 2.99. The minimum atomic E-state index is 0.705. The maximum absolute atomic E-state index is 3.61. The second kappa shape index (κ2) is 5.72. The lowest BCUT2D eigenvalue weighted by molar-refractivity contribution is 0.175. The molecule has 0 spiro atoms. The largest absolute Gasteiger partial charge is 0.314 e. The molecule has 0 amide bonds. The van der Waals surface area contributed by atoms with Crippen molar-refractivity contribution in [2.45, 2.75) is 52.6 Å². The molecule has 0 radical (unpaired) electrons. The van der Waals surface area contributed by atoms with Crippen molar-refractivity contribution in [3.63, 3.8) is 0 Å². The Hall–Kier alpha value is -0.0800. The van der Waals surface area contributed by atoms with Gasteiger partial charge < -0.3 is 10.2 Å². The van der Waals surface area contributed by atoms with Gasteiger partial charge in [0.1, 0.15) is 0 Å². The fourth-order valence-electron chi connectivity index (χ4n) is 1.97. The fraction of sp³-hybridized carbons (Fsp3) is 1.00. The molecular formula is C12H26N2. The second-order valence-corrected chi connectivity index (χ2v) is 4.62. The van der Waals surface area contributed by atoms with Crippen molar-refractivity contribution in [1.82, 2.24) is 10.2 Å². The molecule has 2 atom stereocenters. The Morgan fingerprint density at radius 3 is 2.21 bits per heavy atom. The van der Waals surface area contributed by atoms with Gasteiger partial charge in [0.05, 0.1) is 0 Å². The molecule has 2 heteroatoms.